The Bertz CT molecular complexity index is 1380. The predicted molar refractivity (Wildman–Crippen MR) is 151 cm³/mol. The molecule has 0 saturated carbocycles. The molecule has 0 radical (unpaired) electrons. The third-order valence-electron chi connectivity index (χ3n) is 6.17. The molecule has 0 aliphatic rings. The van der Waals surface area contributed by atoms with E-state index >= 15 is 0 Å². The molecule has 3 rings (SSSR count). The quantitative estimate of drug-likeness (QED) is 0.350. The van der Waals surface area contributed by atoms with Crippen LogP contribution in [0.4, 0.5) is 5.69 Å². The second-order valence-corrected chi connectivity index (χ2v) is 10.9. The van der Waals surface area contributed by atoms with Gasteiger partial charge in [0.2, 0.25) is 11.8 Å². The summed E-state index contributed by atoms with van der Waals surface area (Å²) < 4.78 is 39.0. The van der Waals surface area contributed by atoms with Gasteiger partial charge in [-0.15, -0.1) is 0 Å². The van der Waals surface area contributed by atoms with E-state index in [2.05, 4.69) is 5.32 Å². The molecule has 0 spiro atoms. The minimum atomic E-state index is -4.21. The van der Waals surface area contributed by atoms with Gasteiger partial charge in [0, 0.05) is 18.6 Å². The first-order valence-electron chi connectivity index (χ1n) is 12.2. The number of methoxy groups -OCH3 is 2. The van der Waals surface area contributed by atoms with Crippen LogP contribution < -0.4 is 19.1 Å². The van der Waals surface area contributed by atoms with Gasteiger partial charge in [0.25, 0.3) is 10.0 Å². The molecule has 3 aromatic rings. The van der Waals surface area contributed by atoms with Gasteiger partial charge in [-0.3, -0.25) is 13.9 Å². The molecule has 0 bridgehead atoms. The lowest BCUT2D eigenvalue weighted by Crippen LogP contribution is -2.51. The van der Waals surface area contributed by atoms with Crippen LogP contribution in [0.5, 0.6) is 11.5 Å². The molecule has 0 aliphatic heterocycles. The molecule has 39 heavy (non-hydrogen) atoms. The first-order valence-corrected chi connectivity index (χ1v) is 14.0. The Hall–Kier alpha value is -3.76. The fourth-order valence-corrected chi connectivity index (χ4v) is 5.64. The second kappa shape index (κ2) is 13.3. The summed E-state index contributed by atoms with van der Waals surface area (Å²) in [5.74, 6) is 0.221. The number of carbonyl (C=O) groups excluding carboxylic acids is 2. The molecule has 0 saturated heterocycles. The highest BCUT2D eigenvalue weighted by Crippen LogP contribution is 2.28. The molecule has 1 atom stereocenters. The van der Waals surface area contributed by atoms with Crippen molar-refractivity contribution in [3.05, 3.63) is 83.4 Å². The van der Waals surface area contributed by atoms with E-state index < -0.39 is 28.5 Å². The fourth-order valence-electron chi connectivity index (χ4n) is 4.05. The largest absolute Gasteiger partial charge is 0.497 e. The maximum atomic E-state index is 13.9. The van der Waals surface area contributed by atoms with E-state index in [9.17, 15) is 18.0 Å². The summed E-state index contributed by atoms with van der Waals surface area (Å²) >= 11 is 6.19. The van der Waals surface area contributed by atoms with Crippen LogP contribution in [-0.4, -0.2) is 59.0 Å². The zero-order valence-corrected chi connectivity index (χ0v) is 23.8. The Labute approximate surface area is 234 Å². The molecule has 0 aromatic heterocycles. The average molecular weight is 574 g/mol. The summed E-state index contributed by atoms with van der Waals surface area (Å²) in [6.07, 6.45) is 0.323. The summed E-state index contributed by atoms with van der Waals surface area (Å²) in [6.45, 7) is 1.32. The van der Waals surface area contributed by atoms with Crippen molar-refractivity contribution in [1.29, 1.82) is 0 Å². The van der Waals surface area contributed by atoms with Crippen LogP contribution in [0.25, 0.3) is 0 Å². The van der Waals surface area contributed by atoms with Crippen molar-refractivity contribution < 1.29 is 27.5 Å². The number of anilines is 1. The van der Waals surface area contributed by atoms with Crippen LogP contribution >= 0.6 is 11.6 Å². The number of benzene rings is 3. The van der Waals surface area contributed by atoms with Crippen molar-refractivity contribution in [3.63, 3.8) is 0 Å². The van der Waals surface area contributed by atoms with Crippen LogP contribution in [0.1, 0.15) is 18.9 Å². The average Bonchev–Trinajstić information content (AvgIpc) is 2.95. The summed E-state index contributed by atoms with van der Waals surface area (Å²) in [5.41, 5.74) is 0.961. The van der Waals surface area contributed by atoms with Crippen molar-refractivity contribution in [2.45, 2.75) is 30.8 Å². The first kappa shape index (κ1) is 29.8. The molecule has 2 amide bonds. The Kier molecular flexibility index (Phi) is 10.2. The number of nitrogens with one attached hydrogen (secondary N) is 1. The monoisotopic (exact) mass is 573 g/mol. The fraction of sp³-hybridized carbons (Fsp3) is 0.286. The minimum Gasteiger partial charge on any atom is -0.497 e. The summed E-state index contributed by atoms with van der Waals surface area (Å²) in [6, 6.07) is 18.4. The van der Waals surface area contributed by atoms with Gasteiger partial charge >= 0.3 is 0 Å². The molecule has 208 valence electrons. The van der Waals surface area contributed by atoms with Gasteiger partial charge in [0.15, 0.2) is 0 Å². The Morgan fingerprint density at radius 2 is 1.54 bits per heavy atom. The Morgan fingerprint density at radius 3 is 2.05 bits per heavy atom. The Balaban J connectivity index is 2.04. The maximum Gasteiger partial charge on any atom is 0.264 e. The zero-order chi connectivity index (χ0) is 28.6. The van der Waals surface area contributed by atoms with Crippen molar-refractivity contribution in [1.82, 2.24) is 10.2 Å². The molecule has 11 heteroatoms. The third-order valence-corrected chi connectivity index (χ3v) is 8.19. The SMILES string of the molecule is CC[C@@H](C(=O)NC)N(Cc1ccc(OC)cc1)C(=O)CN(c1cccc(Cl)c1)S(=O)(=O)c1ccc(OC)cc1. The number of amides is 2. The van der Waals surface area contributed by atoms with Crippen LogP contribution in [0.3, 0.4) is 0 Å². The van der Waals surface area contributed by atoms with Gasteiger partial charge in [0.1, 0.15) is 24.1 Å². The highest BCUT2D eigenvalue weighted by molar-refractivity contribution is 7.92. The predicted octanol–water partition coefficient (Wildman–Crippen LogP) is 4.11. The van der Waals surface area contributed by atoms with Gasteiger partial charge in [0.05, 0.1) is 24.8 Å². The number of nitrogens with zero attached hydrogens (tertiary/aromatic N) is 2. The van der Waals surface area contributed by atoms with Gasteiger partial charge in [-0.25, -0.2) is 8.42 Å². The highest BCUT2D eigenvalue weighted by Gasteiger charge is 2.33. The van der Waals surface area contributed by atoms with E-state index in [-0.39, 0.29) is 23.0 Å². The molecule has 0 unspecified atom stereocenters. The molecule has 0 heterocycles. The molecule has 3 aromatic carbocycles. The molecule has 0 aliphatic carbocycles. The van der Waals surface area contributed by atoms with Crippen LogP contribution in [0.2, 0.25) is 5.02 Å². The van der Waals surface area contributed by atoms with Crippen molar-refractivity contribution >= 4 is 39.1 Å². The number of likely N-dealkylation sites (N-methyl/N-ethyl adjacent to an activating group) is 1. The minimum absolute atomic E-state index is 0.0314. The van der Waals surface area contributed by atoms with Crippen molar-refractivity contribution in [3.8, 4) is 11.5 Å². The van der Waals surface area contributed by atoms with Gasteiger partial charge in [-0.2, -0.15) is 0 Å². The summed E-state index contributed by atoms with van der Waals surface area (Å²) in [4.78, 5) is 28.0. The molecule has 0 fully saturated rings. The highest BCUT2D eigenvalue weighted by atomic mass is 35.5. The van der Waals surface area contributed by atoms with Crippen molar-refractivity contribution in [2.75, 3.05) is 32.1 Å². The van der Waals surface area contributed by atoms with Gasteiger partial charge < -0.3 is 19.7 Å². The van der Waals surface area contributed by atoms with E-state index in [1.54, 1.807) is 56.5 Å². The molecule has 1 N–H and O–H groups in total. The van der Waals surface area contributed by atoms with E-state index in [1.165, 1.54) is 49.4 Å². The normalized spacial score (nSPS) is 11.8. The first-order chi connectivity index (χ1) is 18.6. The van der Waals surface area contributed by atoms with Crippen molar-refractivity contribution in [2.24, 2.45) is 0 Å². The van der Waals surface area contributed by atoms with Gasteiger partial charge in [-0.1, -0.05) is 36.7 Å². The van der Waals surface area contributed by atoms with Crippen LogP contribution in [-0.2, 0) is 26.2 Å². The van der Waals surface area contributed by atoms with E-state index in [4.69, 9.17) is 21.1 Å². The number of halogens is 1. The maximum absolute atomic E-state index is 13.9. The molecular formula is C28H32ClN3O6S. The number of carbonyl (C=O) groups is 2. The van der Waals surface area contributed by atoms with E-state index in [1.807, 2.05) is 0 Å². The lowest BCUT2D eigenvalue weighted by atomic mass is 10.1. The molecule has 9 nitrogen and oxygen atoms in total. The number of rotatable bonds is 12. The number of ether oxygens (including phenoxy) is 2. The van der Waals surface area contributed by atoms with Crippen LogP contribution in [0.15, 0.2) is 77.7 Å². The number of hydrogen-bond donors (Lipinski definition) is 1. The third kappa shape index (κ3) is 7.21. The van der Waals surface area contributed by atoms with Gasteiger partial charge in [-0.05, 0) is 66.6 Å². The van der Waals surface area contributed by atoms with Crippen LogP contribution in [0, 0.1) is 0 Å². The Morgan fingerprint density at radius 1 is 0.949 bits per heavy atom. The lowest BCUT2D eigenvalue weighted by Gasteiger charge is -2.33. The summed E-state index contributed by atoms with van der Waals surface area (Å²) in [5, 5.41) is 2.91. The standard InChI is InChI=1S/C28H32ClN3O6S/c1-5-26(28(34)30-2)31(18-20-9-11-23(37-3)12-10-20)27(33)19-32(22-8-6-7-21(29)17-22)39(35,36)25-15-13-24(38-4)14-16-25/h6-17,26H,5,18-19H2,1-4H3,(H,30,34)/t26-/m0/s1. The number of hydrogen-bond acceptors (Lipinski definition) is 6. The summed E-state index contributed by atoms with van der Waals surface area (Å²) in [7, 11) is 0.317. The second-order valence-electron chi connectivity index (χ2n) is 8.58. The van der Waals surface area contributed by atoms with E-state index in [0.29, 0.717) is 22.9 Å². The number of sulfonamides is 1. The zero-order valence-electron chi connectivity index (χ0n) is 22.3. The topological polar surface area (TPSA) is 105 Å². The van der Waals surface area contributed by atoms with E-state index in [0.717, 1.165) is 9.87 Å². The molecular weight excluding hydrogens is 542 g/mol. The lowest BCUT2D eigenvalue weighted by molar-refractivity contribution is -0.140. The smallest absolute Gasteiger partial charge is 0.264 e.